The molecule has 5 heteroatoms. The summed E-state index contributed by atoms with van der Waals surface area (Å²) in [7, 11) is 0. The second-order valence-corrected chi connectivity index (χ2v) is 6.63. The van der Waals surface area contributed by atoms with Crippen molar-refractivity contribution in [2.24, 2.45) is 0 Å². The number of para-hydroxylation sites is 1. The summed E-state index contributed by atoms with van der Waals surface area (Å²) in [6.07, 6.45) is 6.03. The number of nitrogens with one attached hydrogen (secondary N) is 1. The highest BCUT2D eigenvalue weighted by atomic mass is 19.1. The van der Waals surface area contributed by atoms with Crippen LogP contribution in [0.15, 0.2) is 54.6 Å². The molecule has 0 saturated heterocycles. The van der Waals surface area contributed by atoms with E-state index in [0.717, 1.165) is 16.8 Å². The minimum atomic E-state index is -0.359. The summed E-state index contributed by atoms with van der Waals surface area (Å²) in [6.45, 7) is 3.66. The van der Waals surface area contributed by atoms with Crippen LogP contribution < -0.4 is 5.32 Å². The first-order valence-corrected chi connectivity index (χ1v) is 9.09. The molecule has 2 aromatic carbocycles. The van der Waals surface area contributed by atoms with E-state index < -0.39 is 0 Å². The standard InChI is InChI=1S/C23H22FN3O/c1-4-10-21(18-11-6-5-7-12-18)25-23(28)15-19-16(2)26-27(17(19)3)22-14-9-8-13-20(22)24/h1,5-9,11-14,21H,10,15H2,2-3H3,(H,25,28). The van der Waals surface area contributed by atoms with E-state index in [4.69, 9.17) is 6.42 Å². The Kier molecular flexibility index (Phi) is 5.90. The summed E-state index contributed by atoms with van der Waals surface area (Å²) in [4.78, 5) is 12.7. The lowest BCUT2D eigenvalue weighted by molar-refractivity contribution is -0.121. The average Bonchev–Trinajstić information content (AvgIpc) is 2.97. The van der Waals surface area contributed by atoms with Crippen LogP contribution in [0, 0.1) is 32.0 Å². The van der Waals surface area contributed by atoms with Crippen LogP contribution in [0.25, 0.3) is 5.69 Å². The molecule has 1 N–H and O–H groups in total. The largest absolute Gasteiger partial charge is 0.348 e. The van der Waals surface area contributed by atoms with E-state index in [1.807, 2.05) is 44.2 Å². The zero-order valence-electron chi connectivity index (χ0n) is 15.9. The van der Waals surface area contributed by atoms with Gasteiger partial charge in [-0.25, -0.2) is 9.07 Å². The molecule has 3 rings (SSSR count). The summed E-state index contributed by atoms with van der Waals surface area (Å²) in [5.41, 5.74) is 3.55. The predicted molar refractivity (Wildman–Crippen MR) is 107 cm³/mol. The monoisotopic (exact) mass is 375 g/mol. The zero-order chi connectivity index (χ0) is 20.1. The Bertz CT molecular complexity index is 1020. The molecule has 0 bridgehead atoms. The van der Waals surface area contributed by atoms with Gasteiger partial charge >= 0.3 is 0 Å². The van der Waals surface area contributed by atoms with Gasteiger partial charge in [-0.2, -0.15) is 5.10 Å². The number of carbonyl (C=O) groups is 1. The smallest absolute Gasteiger partial charge is 0.225 e. The topological polar surface area (TPSA) is 46.9 Å². The van der Waals surface area contributed by atoms with Gasteiger partial charge in [-0.3, -0.25) is 4.79 Å². The fraction of sp³-hybridized carbons (Fsp3) is 0.217. The van der Waals surface area contributed by atoms with Crippen molar-refractivity contribution < 1.29 is 9.18 Å². The van der Waals surface area contributed by atoms with E-state index in [9.17, 15) is 9.18 Å². The number of hydrogen-bond acceptors (Lipinski definition) is 2. The number of aromatic nitrogens is 2. The lowest BCUT2D eigenvalue weighted by Gasteiger charge is -2.17. The quantitative estimate of drug-likeness (QED) is 0.661. The third kappa shape index (κ3) is 4.12. The molecule has 4 nitrogen and oxygen atoms in total. The van der Waals surface area contributed by atoms with Crippen LogP contribution in [0.4, 0.5) is 4.39 Å². The van der Waals surface area contributed by atoms with Crippen LogP contribution in [0.3, 0.4) is 0 Å². The van der Waals surface area contributed by atoms with Gasteiger partial charge in [-0.05, 0) is 31.5 Å². The number of nitrogens with zero attached hydrogens (tertiary/aromatic N) is 2. The van der Waals surface area contributed by atoms with Gasteiger partial charge in [0.15, 0.2) is 0 Å². The fourth-order valence-electron chi connectivity index (χ4n) is 3.25. The maximum atomic E-state index is 14.1. The van der Waals surface area contributed by atoms with Crippen molar-refractivity contribution >= 4 is 5.91 Å². The van der Waals surface area contributed by atoms with Crippen LogP contribution in [-0.2, 0) is 11.2 Å². The predicted octanol–water partition coefficient (Wildman–Crippen LogP) is 4.05. The number of benzene rings is 2. The molecule has 1 atom stereocenters. The fourth-order valence-corrected chi connectivity index (χ4v) is 3.25. The van der Waals surface area contributed by atoms with E-state index >= 15 is 0 Å². The third-order valence-corrected chi connectivity index (χ3v) is 4.72. The Morgan fingerprint density at radius 1 is 1.18 bits per heavy atom. The van der Waals surface area contributed by atoms with Gasteiger partial charge in [0, 0.05) is 17.7 Å². The van der Waals surface area contributed by atoms with Gasteiger partial charge in [-0.1, -0.05) is 42.5 Å². The number of amides is 1. The molecule has 1 heterocycles. The van der Waals surface area contributed by atoms with Crippen LogP contribution in [-0.4, -0.2) is 15.7 Å². The number of carbonyl (C=O) groups excluding carboxylic acids is 1. The summed E-state index contributed by atoms with van der Waals surface area (Å²) in [6, 6.07) is 15.8. The van der Waals surface area contributed by atoms with E-state index in [-0.39, 0.29) is 24.2 Å². The highest BCUT2D eigenvalue weighted by molar-refractivity contribution is 5.79. The van der Waals surface area contributed by atoms with Crippen molar-refractivity contribution in [3.63, 3.8) is 0 Å². The summed E-state index contributed by atoms with van der Waals surface area (Å²) >= 11 is 0. The highest BCUT2D eigenvalue weighted by Crippen LogP contribution is 2.21. The SMILES string of the molecule is C#CCC(NC(=O)Cc1c(C)nn(-c2ccccc2F)c1C)c1ccccc1. The average molecular weight is 375 g/mol. The maximum Gasteiger partial charge on any atom is 0.225 e. The van der Waals surface area contributed by atoms with Gasteiger partial charge in [0.25, 0.3) is 0 Å². The van der Waals surface area contributed by atoms with Crippen LogP contribution >= 0.6 is 0 Å². The van der Waals surface area contributed by atoms with Crippen molar-refractivity contribution in [2.45, 2.75) is 32.7 Å². The first kappa shape index (κ1) is 19.4. The molecular formula is C23H22FN3O. The first-order chi connectivity index (χ1) is 13.5. The molecule has 142 valence electrons. The van der Waals surface area contributed by atoms with Crippen LogP contribution in [0.1, 0.15) is 35.0 Å². The van der Waals surface area contributed by atoms with E-state index in [0.29, 0.717) is 17.8 Å². The normalized spacial score (nSPS) is 11.6. The molecule has 28 heavy (non-hydrogen) atoms. The van der Waals surface area contributed by atoms with Gasteiger partial charge in [-0.15, -0.1) is 12.3 Å². The minimum Gasteiger partial charge on any atom is -0.348 e. The molecule has 3 aromatic rings. The lowest BCUT2D eigenvalue weighted by Crippen LogP contribution is -2.30. The van der Waals surface area contributed by atoms with Crippen molar-refractivity contribution in [3.8, 4) is 18.0 Å². The lowest BCUT2D eigenvalue weighted by atomic mass is 10.0. The summed E-state index contributed by atoms with van der Waals surface area (Å²) in [5.74, 6) is 2.11. The van der Waals surface area contributed by atoms with E-state index in [1.165, 1.54) is 6.07 Å². The zero-order valence-corrected chi connectivity index (χ0v) is 15.9. The number of aryl methyl sites for hydroxylation is 1. The highest BCUT2D eigenvalue weighted by Gasteiger charge is 2.19. The molecule has 0 radical (unpaired) electrons. The molecule has 1 aromatic heterocycles. The van der Waals surface area contributed by atoms with Crippen molar-refractivity contribution in [3.05, 3.63) is 82.9 Å². The molecule has 1 unspecified atom stereocenters. The Morgan fingerprint density at radius 2 is 1.86 bits per heavy atom. The van der Waals surface area contributed by atoms with Gasteiger partial charge in [0.05, 0.1) is 18.2 Å². The number of halogens is 1. The summed E-state index contributed by atoms with van der Waals surface area (Å²) in [5, 5.41) is 7.44. The molecule has 0 saturated carbocycles. The number of terminal acetylenes is 1. The van der Waals surface area contributed by atoms with Gasteiger partial charge in [0.1, 0.15) is 11.5 Å². The van der Waals surface area contributed by atoms with Crippen LogP contribution in [0.2, 0.25) is 0 Å². The summed E-state index contributed by atoms with van der Waals surface area (Å²) < 4.78 is 15.7. The Morgan fingerprint density at radius 3 is 2.54 bits per heavy atom. The molecule has 0 aliphatic carbocycles. The molecule has 0 aliphatic rings. The van der Waals surface area contributed by atoms with Crippen molar-refractivity contribution in [1.29, 1.82) is 0 Å². The number of rotatable bonds is 6. The first-order valence-electron chi connectivity index (χ1n) is 9.09. The Balaban J connectivity index is 1.81. The van der Waals surface area contributed by atoms with Crippen molar-refractivity contribution in [1.82, 2.24) is 15.1 Å². The molecular weight excluding hydrogens is 353 g/mol. The van der Waals surface area contributed by atoms with E-state index in [2.05, 4.69) is 16.3 Å². The molecule has 0 aliphatic heterocycles. The molecule has 1 amide bonds. The second-order valence-electron chi connectivity index (χ2n) is 6.63. The Labute approximate surface area is 164 Å². The second kappa shape index (κ2) is 8.53. The maximum absolute atomic E-state index is 14.1. The third-order valence-electron chi connectivity index (χ3n) is 4.72. The van der Waals surface area contributed by atoms with Gasteiger partial charge in [0.2, 0.25) is 5.91 Å². The number of hydrogen-bond donors (Lipinski definition) is 1. The Hall–Kier alpha value is -3.39. The van der Waals surface area contributed by atoms with E-state index in [1.54, 1.807) is 22.9 Å². The van der Waals surface area contributed by atoms with Crippen LogP contribution in [0.5, 0.6) is 0 Å². The molecule has 0 spiro atoms. The van der Waals surface area contributed by atoms with Gasteiger partial charge < -0.3 is 5.32 Å². The van der Waals surface area contributed by atoms with Crippen molar-refractivity contribution in [2.75, 3.05) is 0 Å². The minimum absolute atomic E-state index is 0.150. The molecule has 0 fully saturated rings.